The number of nitrogens with zero attached hydrogens (tertiary/aromatic N) is 3. The van der Waals surface area contributed by atoms with Gasteiger partial charge < -0.3 is 10.2 Å². The smallest absolute Gasteiger partial charge is 0.320 e. The number of amides is 3. The Hall–Kier alpha value is -2.72. The average molecular weight is 506 g/mol. The molecule has 3 amide bonds. The highest BCUT2D eigenvalue weighted by atomic mass is 35.5. The first-order valence-electron chi connectivity index (χ1n) is 10.00. The lowest BCUT2D eigenvalue weighted by Gasteiger charge is -2.27. The van der Waals surface area contributed by atoms with E-state index in [-0.39, 0.29) is 18.1 Å². The number of rotatable bonds is 6. The van der Waals surface area contributed by atoms with Gasteiger partial charge in [0.15, 0.2) is 0 Å². The zero-order valence-electron chi connectivity index (χ0n) is 18.3. The summed E-state index contributed by atoms with van der Waals surface area (Å²) in [6.07, 6.45) is 0.112. The summed E-state index contributed by atoms with van der Waals surface area (Å²) in [6, 6.07) is 2.55. The molecule has 12 heteroatoms. The maximum Gasteiger partial charge on any atom is 0.417 e. The van der Waals surface area contributed by atoms with Gasteiger partial charge in [-0.1, -0.05) is 42.3 Å². The molecule has 2 rings (SSSR count). The van der Waals surface area contributed by atoms with Crippen molar-refractivity contribution < 1.29 is 22.8 Å². The van der Waals surface area contributed by atoms with Gasteiger partial charge in [0.25, 0.3) is 0 Å². The lowest BCUT2D eigenvalue weighted by Crippen LogP contribution is -2.39. The van der Waals surface area contributed by atoms with Crippen molar-refractivity contribution in [1.82, 2.24) is 15.4 Å². The second-order valence-electron chi connectivity index (χ2n) is 7.15. The molecule has 0 saturated heterocycles. The van der Waals surface area contributed by atoms with E-state index in [4.69, 9.17) is 23.2 Å². The molecule has 0 unspecified atom stereocenters. The van der Waals surface area contributed by atoms with Gasteiger partial charge in [0.1, 0.15) is 5.71 Å². The molecule has 0 radical (unpaired) electrons. The van der Waals surface area contributed by atoms with Crippen LogP contribution in [0.5, 0.6) is 0 Å². The predicted octanol–water partition coefficient (Wildman–Crippen LogP) is 5.39. The Balaban J connectivity index is 2.13. The number of alkyl halides is 3. The third-order valence-electron chi connectivity index (χ3n) is 4.51. The standard InChI is InChI=1S/C21H24Cl2F3N5O2/c1-4-5-17(22)19(29-30(3)28-13(2)32)14-8-10-31(11-9-14)20(33)27-15-6-7-16(18(23)12-15)21(24,25)26/h5-8,12H,4,9-11H2,1-3H3,(H,27,33)(H,28,32)/b17-5+,29-19-. The zero-order valence-corrected chi connectivity index (χ0v) is 19.8. The molecule has 0 fully saturated rings. The van der Waals surface area contributed by atoms with Crippen LogP contribution in [0.15, 0.2) is 46.1 Å². The maximum absolute atomic E-state index is 12.8. The van der Waals surface area contributed by atoms with Crippen LogP contribution in [0.1, 0.15) is 32.3 Å². The van der Waals surface area contributed by atoms with Crippen molar-refractivity contribution in [3.8, 4) is 0 Å². The molecule has 7 nitrogen and oxygen atoms in total. The van der Waals surface area contributed by atoms with Gasteiger partial charge >= 0.3 is 12.2 Å². The number of carbonyl (C=O) groups is 2. The fourth-order valence-electron chi connectivity index (χ4n) is 3.04. The van der Waals surface area contributed by atoms with Gasteiger partial charge in [-0.25, -0.2) is 9.91 Å². The van der Waals surface area contributed by atoms with Crippen LogP contribution in [0.4, 0.5) is 23.7 Å². The molecule has 0 aliphatic carbocycles. The number of hydrogen-bond donors (Lipinski definition) is 2. The summed E-state index contributed by atoms with van der Waals surface area (Å²) in [6.45, 7) is 3.83. The molecule has 1 aliphatic heterocycles. The number of urea groups is 1. The summed E-state index contributed by atoms with van der Waals surface area (Å²) in [4.78, 5) is 25.3. The third kappa shape index (κ3) is 7.68. The van der Waals surface area contributed by atoms with Crippen molar-refractivity contribution >= 4 is 46.5 Å². The average Bonchev–Trinajstić information content (AvgIpc) is 2.71. The molecule has 1 heterocycles. The molecule has 1 aliphatic rings. The van der Waals surface area contributed by atoms with Gasteiger partial charge in [0.2, 0.25) is 5.91 Å². The van der Waals surface area contributed by atoms with E-state index in [0.29, 0.717) is 30.1 Å². The van der Waals surface area contributed by atoms with Crippen molar-refractivity contribution in [2.45, 2.75) is 32.9 Å². The van der Waals surface area contributed by atoms with Crippen LogP contribution >= 0.6 is 23.2 Å². The van der Waals surface area contributed by atoms with Gasteiger partial charge in [0.05, 0.1) is 15.6 Å². The molecule has 0 spiro atoms. The van der Waals surface area contributed by atoms with E-state index in [1.54, 1.807) is 19.2 Å². The van der Waals surface area contributed by atoms with E-state index in [1.807, 2.05) is 6.92 Å². The van der Waals surface area contributed by atoms with Gasteiger partial charge in [-0.15, -0.1) is 0 Å². The molecule has 33 heavy (non-hydrogen) atoms. The molecule has 0 bridgehead atoms. The highest BCUT2D eigenvalue weighted by molar-refractivity contribution is 6.46. The minimum absolute atomic E-state index is 0.154. The lowest BCUT2D eigenvalue weighted by atomic mass is 10.0. The molecule has 1 aromatic rings. The zero-order chi connectivity index (χ0) is 24.8. The Kier molecular flexibility index (Phi) is 9.18. The Morgan fingerprint density at radius 1 is 1.33 bits per heavy atom. The van der Waals surface area contributed by atoms with Crippen molar-refractivity contribution in [1.29, 1.82) is 0 Å². The number of halogens is 5. The normalized spacial score (nSPS) is 15.2. The van der Waals surface area contributed by atoms with Crippen LogP contribution in [0.3, 0.4) is 0 Å². The number of hydrazine groups is 1. The molecule has 0 saturated carbocycles. The third-order valence-corrected chi connectivity index (χ3v) is 5.15. The molecular weight excluding hydrogens is 482 g/mol. The Labute approximate surface area is 199 Å². The van der Waals surface area contributed by atoms with E-state index < -0.39 is 22.8 Å². The van der Waals surface area contributed by atoms with Crippen LogP contribution in [0, 0.1) is 0 Å². The SMILES string of the molecule is CC/C=C(Cl)\C(=N/N(C)NC(C)=O)C1=CCN(C(=O)Nc2ccc(C(F)(F)F)c(Cl)c2)CC1. The quantitative estimate of drug-likeness (QED) is 0.401. The molecule has 1 aromatic carbocycles. The van der Waals surface area contributed by atoms with Crippen LogP contribution in [-0.2, 0) is 11.0 Å². The van der Waals surface area contributed by atoms with Crippen molar-refractivity contribution in [2.75, 3.05) is 25.5 Å². The Morgan fingerprint density at radius 2 is 2.03 bits per heavy atom. The Morgan fingerprint density at radius 3 is 2.55 bits per heavy atom. The number of hydrazone groups is 1. The van der Waals surface area contributed by atoms with Gasteiger partial charge in [-0.3, -0.25) is 10.2 Å². The highest BCUT2D eigenvalue weighted by Gasteiger charge is 2.33. The monoisotopic (exact) mass is 505 g/mol. The summed E-state index contributed by atoms with van der Waals surface area (Å²) in [5, 5.41) is 8.09. The molecule has 2 N–H and O–H groups in total. The summed E-state index contributed by atoms with van der Waals surface area (Å²) in [7, 11) is 1.57. The number of carbonyl (C=O) groups excluding carboxylic acids is 2. The number of allylic oxidation sites excluding steroid dienone is 2. The maximum atomic E-state index is 12.8. The highest BCUT2D eigenvalue weighted by Crippen LogP contribution is 2.36. The first-order chi connectivity index (χ1) is 15.4. The second-order valence-corrected chi connectivity index (χ2v) is 7.96. The van der Waals surface area contributed by atoms with E-state index in [0.717, 1.165) is 23.8 Å². The van der Waals surface area contributed by atoms with E-state index >= 15 is 0 Å². The van der Waals surface area contributed by atoms with Crippen LogP contribution in [0.2, 0.25) is 5.02 Å². The van der Waals surface area contributed by atoms with Crippen LogP contribution < -0.4 is 10.7 Å². The second kappa shape index (κ2) is 11.4. The first kappa shape index (κ1) is 26.5. The summed E-state index contributed by atoms with van der Waals surface area (Å²) in [5.74, 6) is -0.292. The number of hydrogen-bond acceptors (Lipinski definition) is 4. The summed E-state index contributed by atoms with van der Waals surface area (Å²) < 4.78 is 38.5. The molecule has 0 aromatic heterocycles. The van der Waals surface area contributed by atoms with Crippen LogP contribution in [-0.4, -0.2) is 47.8 Å². The van der Waals surface area contributed by atoms with E-state index in [1.165, 1.54) is 16.9 Å². The summed E-state index contributed by atoms with van der Waals surface area (Å²) >= 11 is 12.1. The largest absolute Gasteiger partial charge is 0.417 e. The fraction of sp³-hybridized carbons (Fsp3) is 0.381. The van der Waals surface area contributed by atoms with E-state index in [9.17, 15) is 22.8 Å². The van der Waals surface area contributed by atoms with Crippen molar-refractivity contribution in [3.05, 3.63) is 51.5 Å². The lowest BCUT2D eigenvalue weighted by molar-refractivity contribution is -0.137. The number of nitrogens with one attached hydrogen (secondary N) is 2. The van der Waals surface area contributed by atoms with E-state index in [2.05, 4.69) is 15.8 Å². The minimum Gasteiger partial charge on any atom is -0.320 e. The van der Waals surface area contributed by atoms with Gasteiger partial charge in [-0.2, -0.15) is 18.3 Å². The molecule has 0 atom stereocenters. The number of anilines is 1. The molecular formula is C21H24Cl2F3N5O2. The molecule has 180 valence electrons. The van der Waals surface area contributed by atoms with Crippen molar-refractivity contribution in [3.63, 3.8) is 0 Å². The van der Waals surface area contributed by atoms with Crippen molar-refractivity contribution in [2.24, 2.45) is 5.10 Å². The Bertz CT molecular complexity index is 993. The van der Waals surface area contributed by atoms with Crippen LogP contribution in [0.25, 0.3) is 0 Å². The fourth-order valence-corrected chi connectivity index (χ4v) is 3.64. The number of benzene rings is 1. The first-order valence-corrected chi connectivity index (χ1v) is 10.8. The predicted molar refractivity (Wildman–Crippen MR) is 123 cm³/mol. The minimum atomic E-state index is -4.57. The summed E-state index contributed by atoms with van der Waals surface area (Å²) in [5.41, 5.74) is 2.97. The van der Waals surface area contributed by atoms with Gasteiger partial charge in [-0.05, 0) is 36.6 Å². The van der Waals surface area contributed by atoms with Gasteiger partial charge in [0, 0.05) is 32.7 Å². The topological polar surface area (TPSA) is 77.0 Å².